The maximum absolute atomic E-state index is 5.89. The van der Waals surface area contributed by atoms with Crippen LogP contribution in [-0.2, 0) is 0 Å². The minimum absolute atomic E-state index is 0.362. The first-order chi connectivity index (χ1) is 11.6. The summed E-state index contributed by atoms with van der Waals surface area (Å²) in [5.74, 6) is 2.49. The van der Waals surface area contributed by atoms with Crippen molar-refractivity contribution in [1.29, 1.82) is 0 Å². The van der Waals surface area contributed by atoms with Crippen molar-refractivity contribution in [3.63, 3.8) is 0 Å². The zero-order valence-electron chi connectivity index (χ0n) is 14.5. The van der Waals surface area contributed by atoms with Crippen LogP contribution in [0.4, 0.5) is 5.69 Å². The Morgan fingerprint density at radius 2 is 1.83 bits per heavy atom. The van der Waals surface area contributed by atoms with Crippen molar-refractivity contribution in [2.75, 3.05) is 25.6 Å². The molecule has 5 heteroatoms. The fourth-order valence-electron chi connectivity index (χ4n) is 2.27. The molecule has 0 amide bonds. The van der Waals surface area contributed by atoms with Crippen LogP contribution in [0.5, 0.6) is 11.5 Å². The molecule has 128 valence electrons. The molecule has 0 saturated carbocycles. The molecule has 0 heterocycles. The van der Waals surface area contributed by atoms with Crippen LogP contribution >= 0.6 is 0 Å². The predicted octanol–water partition coefficient (Wildman–Crippen LogP) is 3.62. The third-order valence-electron chi connectivity index (χ3n) is 3.53. The number of para-hydroxylation sites is 1. The van der Waals surface area contributed by atoms with Crippen molar-refractivity contribution in [3.8, 4) is 11.5 Å². The molecule has 0 aliphatic rings. The molecule has 0 radical (unpaired) electrons. The van der Waals surface area contributed by atoms with Crippen molar-refractivity contribution in [1.82, 2.24) is 0 Å². The number of hydrogen-bond acceptors (Lipinski definition) is 3. The summed E-state index contributed by atoms with van der Waals surface area (Å²) in [5.41, 5.74) is 7.95. The maximum Gasteiger partial charge on any atom is 0.193 e. The molecule has 5 nitrogen and oxygen atoms in total. The minimum atomic E-state index is 0.362. The Kier molecular flexibility index (Phi) is 6.49. The van der Waals surface area contributed by atoms with Gasteiger partial charge in [0.25, 0.3) is 0 Å². The molecular weight excluding hydrogens is 302 g/mol. The average molecular weight is 327 g/mol. The van der Waals surface area contributed by atoms with Gasteiger partial charge in [-0.2, -0.15) is 0 Å². The molecular formula is C19H25N3O2. The van der Waals surface area contributed by atoms with Gasteiger partial charge in [0.2, 0.25) is 0 Å². The standard InChI is InChI=1S/C19H25N3O2/c1-14(2)17-6-4-5-7-18(17)24-13-12-21-19(20)22-15-8-10-16(23-3)11-9-15/h4-11,14H,12-13H2,1-3H3,(H3,20,21,22). The number of ether oxygens (including phenoxy) is 2. The topological polar surface area (TPSA) is 68.9 Å². The predicted molar refractivity (Wildman–Crippen MR) is 99.1 cm³/mol. The van der Waals surface area contributed by atoms with Crippen molar-refractivity contribution in [2.24, 2.45) is 10.7 Å². The molecule has 2 rings (SSSR count). The first kappa shape index (κ1) is 17.7. The van der Waals surface area contributed by atoms with E-state index in [4.69, 9.17) is 15.2 Å². The molecule has 0 atom stereocenters. The Balaban J connectivity index is 1.83. The Bertz CT molecular complexity index is 667. The van der Waals surface area contributed by atoms with E-state index in [0.29, 0.717) is 25.0 Å². The first-order valence-electron chi connectivity index (χ1n) is 8.03. The van der Waals surface area contributed by atoms with E-state index in [1.807, 2.05) is 42.5 Å². The van der Waals surface area contributed by atoms with E-state index in [1.165, 1.54) is 5.56 Å². The van der Waals surface area contributed by atoms with Gasteiger partial charge in [-0.15, -0.1) is 0 Å². The lowest BCUT2D eigenvalue weighted by Gasteiger charge is -2.13. The van der Waals surface area contributed by atoms with E-state index in [0.717, 1.165) is 17.2 Å². The second kappa shape index (κ2) is 8.82. The lowest BCUT2D eigenvalue weighted by Crippen LogP contribution is -2.23. The fraction of sp³-hybridized carbons (Fsp3) is 0.316. The van der Waals surface area contributed by atoms with E-state index >= 15 is 0 Å². The van der Waals surface area contributed by atoms with E-state index in [9.17, 15) is 0 Å². The average Bonchev–Trinajstić information content (AvgIpc) is 2.59. The molecule has 0 aliphatic carbocycles. The molecule has 0 spiro atoms. The molecule has 0 aliphatic heterocycles. The molecule has 0 saturated heterocycles. The smallest absolute Gasteiger partial charge is 0.193 e. The molecule has 0 bridgehead atoms. The van der Waals surface area contributed by atoms with Gasteiger partial charge in [0, 0.05) is 5.69 Å². The second-order valence-corrected chi connectivity index (χ2v) is 5.66. The highest BCUT2D eigenvalue weighted by molar-refractivity contribution is 5.92. The summed E-state index contributed by atoms with van der Waals surface area (Å²) in [4.78, 5) is 4.28. The molecule has 3 N–H and O–H groups in total. The van der Waals surface area contributed by atoms with Gasteiger partial charge in [-0.3, -0.25) is 0 Å². The number of anilines is 1. The van der Waals surface area contributed by atoms with Gasteiger partial charge in [-0.25, -0.2) is 4.99 Å². The number of aliphatic imine (C=N–C) groups is 1. The minimum Gasteiger partial charge on any atom is -0.497 e. The largest absolute Gasteiger partial charge is 0.497 e. The van der Waals surface area contributed by atoms with Crippen LogP contribution in [0.15, 0.2) is 53.5 Å². The van der Waals surface area contributed by atoms with Crippen LogP contribution in [0.3, 0.4) is 0 Å². The van der Waals surface area contributed by atoms with Gasteiger partial charge in [-0.1, -0.05) is 32.0 Å². The second-order valence-electron chi connectivity index (χ2n) is 5.66. The highest BCUT2D eigenvalue weighted by Gasteiger charge is 2.06. The van der Waals surface area contributed by atoms with Crippen LogP contribution in [0.2, 0.25) is 0 Å². The fourth-order valence-corrected chi connectivity index (χ4v) is 2.27. The van der Waals surface area contributed by atoms with Crippen LogP contribution in [-0.4, -0.2) is 26.2 Å². The number of nitrogens with zero attached hydrogens (tertiary/aromatic N) is 1. The van der Waals surface area contributed by atoms with E-state index in [1.54, 1.807) is 7.11 Å². The van der Waals surface area contributed by atoms with E-state index in [2.05, 4.69) is 30.2 Å². The van der Waals surface area contributed by atoms with Crippen molar-refractivity contribution < 1.29 is 9.47 Å². The molecule has 0 fully saturated rings. The van der Waals surface area contributed by atoms with Crippen molar-refractivity contribution >= 4 is 11.6 Å². The monoisotopic (exact) mass is 327 g/mol. The Labute approximate surface area is 143 Å². The lowest BCUT2D eigenvalue weighted by molar-refractivity contribution is 0.324. The first-order valence-corrected chi connectivity index (χ1v) is 8.03. The zero-order valence-corrected chi connectivity index (χ0v) is 14.5. The van der Waals surface area contributed by atoms with Gasteiger partial charge in [0.05, 0.1) is 13.7 Å². The number of guanidine groups is 1. The van der Waals surface area contributed by atoms with Gasteiger partial charge in [0.1, 0.15) is 18.1 Å². The highest BCUT2D eigenvalue weighted by atomic mass is 16.5. The molecule has 24 heavy (non-hydrogen) atoms. The summed E-state index contributed by atoms with van der Waals surface area (Å²) in [6.07, 6.45) is 0. The molecule has 2 aromatic rings. The van der Waals surface area contributed by atoms with Crippen LogP contribution in [0.1, 0.15) is 25.3 Å². The van der Waals surface area contributed by atoms with Crippen LogP contribution in [0.25, 0.3) is 0 Å². The summed E-state index contributed by atoms with van der Waals surface area (Å²) >= 11 is 0. The molecule has 0 aromatic heterocycles. The summed E-state index contributed by atoms with van der Waals surface area (Å²) in [6, 6.07) is 15.6. The zero-order chi connectivity index (χ0) is 17.4. The number of methoxy groups -OCH3 is 1. The summed E-state index contributed by atoms with van der Waals surface area (Å²) < 4.78 is 10.9. The Morgan fingerprint density at radius 3 is 2.50 bits per heavy atom. The molecule has 2 aromatic carbocycles. The van der Waals surface area contributed by atoms with E-state index < -0.39 is 0 Å². The lowest BCUT2D eigenvalue weighted by atomic mass is 10.0. The van der Waals surface area contributed by atoms with E-state index in [-0.39, 0.29) is 0 Å². The molecule has 0 unspecified atom stereocenters. The Morgan fingerprint density at radius 1 is 1.12 bits per heavy atom. The normalized spacial score (nSPS) is 11.4. The third kappa shape index (κ3) is 5.19. The van der Waals surface area contributed by atoms with Crippen LogP contribution in [0, 0.1) is 0 Å². The van der Waals surface area contributed by atoms with Gasteiger partial charge in [-0.05, 0) is 41.8 Å². The summed E-state index contributed by atoms with van der Waals surface area (Å²) in [6.45, 7) is 5.27. The number of rotatable bonds is 7. The quantitative estimate of drug-likeness (QED) is 0.463. The summed E-state index contributed by atoms with van der Waals surface area (Å²) in [5, 5.41) is 3.04. The van der Waals surface area contributed by atoms with Gasteiger partial charge >= 0.3 is 0 Å². The third-order valence-corrected chi connectivity index (χ3v) is 3.53. The number of nitrogens with two attached hydrogens (primary N) is 1. The number of benzene rings is 2. The SMILES string of the molecule is COc1ccc(NC(N)=NCCOc2ccccc2C(C)C)cc1. The highest BCUT2D eigenvalue weighted by Crippen LogP contribution is 2.25. The number of nitrogens with one attached hydrogen (secondary N) is 1. The van der Waals surface area contributed by atoms with Crippen molar-refractivity contribution in [3.05, 3.63) is 54.1 Å². The van der Waals surface area contributed by atoms with Crippen LogP contribution < -0.4 is 20.5 Å². The maximum atomic E-state index is 5.89. The van der Waals surface area contributed by atoms with Gasteiger partial charge < -0.3 is 20.5 Å². The van der Waals surface area contributed by atoms with Crippen molar-refractivity contribution in [2.45, 2.75) is 19.8 Å². The summed E-state index contributed by atoms with van der Waals surface area (Å²) in [7, 11) is 1.63. The van der Waals surface area contributed by atoms with Gasteiger partial charge in [0.15, 0.2) is 5.96 Å². The Hall–Kier alpha value is -2.69. The number of hydrogen-bond donors (Lipinski definition) is 2.